The molecular weight excluding hydrogens is 288 g/mol. The highest BCUT2D eigenvalue weighted by molar-refractivity contribution is 5.69. The molecular formula is C20H28O3. The highest BCUT2D eigenvalue weighted by Crippen LogP contribution is 2.19. The zero-order valence-electron chi connectivity index (χ0n) is 14.4. The Morgan fingerprint density at radius 2 is 1.87 bits per heavy atom. The summed E-state index contributed by atoms with van der Waals surface area (Å²) in [4.78, 5) is 11.0. The van der Waals surface area contributed by atoms with Crippen molar-refractivity contribution in [2.24, 2.45) is 0 Å². The van der Waals surface area contributed by atoms with Crippen molar-refractivity contribution in [3.8, 4) is 17.6 Å². The molecule has 3 heteroatoms. The van der Waals surface area contributed by atoms with Crippen LogP contribution in [0.25, 0.3) is 0 Å². The molecule has 0 aliphatic heterocycles. The van der Waals surface area contributed by atoms with Gasteiger partial charge < -0.3 is 9.47 Å². The summed E-state index contributed by atoms with van der Waals surface area (Å²) in [7, 11) is 1.41. The van der Waals surface area contributed by atoms with E-state index in [9.17, 15) is 4.79 Å². The molecule has 0 aromatic heterocycles. The van der Waals surface area contributed by atoms with E-state index >= 15 is 0 Å². The molecule has 0 spiro atoms. The predicted molar refractivity (Wildman–Crippen MR) is 93.4 cm³/mol. The van der Waals surface area contributed by atoms with Crippen LogP contribution in [-0.4, -0.2) is 19.7 Å². The molecule has 1 rings (SSSR count). The average molecular weight is 316 g/mol. The quantitative estimate of drug-likeness (QED) is 0.361. The maximum Gasteiger partial charge on any atom is 0.305 e. The number of aryl methyl sites for hydroxylation is 1. The number of hydrogen-bond donors (Lipinski definition) is 0. The third-order valence-corrected chi connectivity index (χ3v) is 3.53. The van der Waals surface area contributed by atoms with Gasteiger partial charge in [0.15, 0.2) is 0 Å². The number of carbonyl (C=O) groups is 1. The van der Waals surface area contributed by atoms with Gasteiger partial charge in [0, 0.05) is 19.3 Å². The van der Waals surface area contributed by atoms with Crippen LogP contribution in [0.3, 0.4) is 0 Å². The minimum Gasteiger partial charge on any atom is -0.493 e. The van der Waals surface area contributed by atoms with Gasteiger partial charge in [-0.05, 0) is 30.9 Å². The Morgan fingerprint density at radius 1 is 1.09 bits per heavy atom. The van der Waals surface area contributed by atoms with Gasteiger partial charge in [0.05, 0.1) is 13.7 Å². The van der Waals surface area contributed by atoms with E-state index in [1.54, 1.807) is 0 Å². The van der Waals surface area contributed by atoms with E-state index in [4.69, 9.17) is 4.74 Å². The molecule has 126 valence electrons. The second-order valence-electron chi connectivity index (χ2n) is 5.45. The Morgan fingerprint density at radius 3 is 2.65 bits per heavy atom. The van der Waals surface area contributed by atoms with Gasteiger partial charge >= 0.3 is 5.97 Å². The monoisotopic (exact) mass is 316 g/mol. The van der Waals surface area contributed by atoms with Crippen LogP contribution in [0.2, 0.25) is 0 Å². The standard InChI is InChI=1S/C20H28O3/c1-3-4-12-17-23-19-15-11-10-14-18(19)13-8-6-5-7-9-16-20(21)22-2/h10-11,14-15H,3-4,7-9,12-13,16-17H2,1-2H3. The van der Waals surface area contributed by atoms with Gasteiger partial charge in [-0.2, -0.15) is 0 Å². The molecule has 0 fully saturated rings. The summed E-state index contributed by atoms with van der Waals surface area (Å²) in [6.45, 7) is 2.97. The summed E-state index contributed by atoms with van der Waals surface area (Å²) >= 11 is 0. The fourth-order valence-electron chi connectivity index (χ4n) is 2.18. The van der Waals surface area contributed by atoms with Gasteiger partial charge in [0.1, 0.15) is 5.75 Å². The molecule has 0 saturated carbocycles. The van der Waals surface area contributed by atoms with Crippen LogP contribution in [0.4, 0.5) is 0 Å². The van der Waals surface area contributed by atoms with E-state index in [0.717, 1.165) is 44.5 Å². The van der Waals surface area contributed by atoms with Crippen molar-refractivity contribution in [2.45, 2.75) is 58.3 Å². The summed E-state index contributed by atoms with van der Waals surface area (Å²) in [6.07, 6.45) is 7.17. The van der Waals surface area contributed by atoms with Crippen LogP contribution < -0.4 is 4.74 Å². The fraction of sp³-hybridized carbons (Fsp3) is 0.550. The van der Waals surface area contributed by atoms with Crippen molar-refractivity contribution >= 4 is 5.97 Å². The second-order valence-corrected chi connectivity index (χ2v) is 5.45. The molecule has 0 radical (unpaired) electrons. The first-order chi connectivity index (χ1) is 11.3. The number of methoxy groups -OCH3 is 1. The third kappa shape index (κ3) is 8.93. The Balaban J connectivity index is 2.30. The Labute approximate surface area is 140 Å². The van der Waals surface area contributed by atoms with Gasteiger partial charge in [-0.25, -0.2) is 0 Å². The number of benzene rings is 1. The zero-order chi connectivity index (χ0) is 16.8. The van der Waals surface area contributed by atoms with Gasteiger partial charge in [-0.3, -0.25) is 4.79 Å². The first-order valence-corrected chi connectivity index (χ1v) is 8.51. The Kier molecular flexibility index (Phi) is 10.4. The van der Waals surface area contributed by atoms with E-state index in [1.165, 1.54) is 25.5 Å². The maximum absolute atomic E-state index is 11.0. The third-order valence-electron chi connectivity index (χ3n) is 3.53. The number of hydrogen-bond acceptors (Lipinski definition) is 3. The molecule has 0 bridgehead atoms. The molecule has 0 atom stereocenters. The predicted octanol–water partition coefficient (Wildman–Crippen LogP) is 4.53. The van der Waals surface area contributed by atoms with Crippen molar-refractivity contribution in [3.05, 3.63) is 29.8 Å². The molecule has 0 saturated heterocycles. The van der Waals surface area contributed by atoms with Crippen LogP contribution in [-0.2, 0) is 16.0 Å². The SMILES string of the molecule is CCCCCOc1ccccc1CCC#CCCCC(=O)OC. The summed E-state index contributed by atoms with van der Waals surface area (Å²) in [5, 5.41) is 0. The van der Waals surface area contributed by atoms with E-state index in [1.807, 2.05) is 18.2 Å². The first-order valence-electron chi connectivity index (χ1n) is 8.51. The summed E-state index contributed by atoms with van der Waals surface area (Å²) < 4.78 is 10.5. The largest absolute Gasteiger partial charge is 0.493 e. The minimum absolute atomic E-state index is 0.166. The Bertz CT molecular complexity index is 511. The normalized spacial score (nSPS) is 9.83. The number of rotatable bonds is 10. The van der Waals surface area contributed by atoms with Crippen LogP contribution in [0.15, 0.2) is 24.3 Å². The van der Waals surface area contributed by atoms with Crippen molar-refractivity contribution in [1.29, 1.82) is 0 Å². The summed E-state index contributed by atoms with van der Waals surface area (Å²) in [5.74, 6) is 7.10. The molecule has 1 aromatic rings. The molecule has 0 aliphatic rings. The van der Waals surface area contributed by atoms with E-state index in [0.29, 0.717) is 6.42 Å². The summed E-state index contributed by atoms with van der Waals surface area (Å²) in [5.41, 5.74) is 1.22. The van der Waals surface area contributed by atoms with E-state index in [2.05, 4.69) is 29.6 Å². The smallest absolute Gasteiger partial charge is 0.305 e. The maximum atomic E-state index is 11.0. The van der Waals surface area contributed by atoms with Crippen molar-refractivity contribution in [3.63, 3.8) is 0 Å². The van der Waals surface area contributed by atoms with Crippen molar-refractivity contribution in [1.82, 2.24) is 0 Å². The number of unbranched alkanes of at least 4 members (excludes halogenated alkanes) is 3. The van der Waals surface area contributed by atoms with Crippen LogP contribution in [0.5, 0.6) is 5.75 Å². The van der Waals surface area contributed by atoms with Gasteiger partial charge in [-0.15, -0.1) is 11.8 Å². The highest BCUT2D eigenvalue weighted by Gasteiger charge is 2.02. The lowest BCUT2D eigenvalue weighted by Gasteiger charge is -2.10. The van der Waals surface area contributed by atoms with Crippen molar-refractivity contribution < 1.29 is 14.3 Å². The highest BCUT2D eigenvalue weighted by atomic mass is 16.5. The molecule has 1 aromatic carbocycles. The molecule has 0 unspecified atom stereocenters. The topological polar surface area (TPSA) is 35.5 Å². The van der Waals surface area contributed by atoms with Gasteiger partial charge in [0.25, 0.3) is 0 Å². The number of carbonyl (C=O) groups excluding carboxylic acids is 1. The average Bonchev–Trinajstić information content (AvgIpc) is 2.58. The molecule has 0 amide bonds. The molecule has 0 heterocycles. The van der Waals surface area contributed by atoms with Gasteiger partial charge in [-0.1, -0.05) is 38.0 Å². The fourth-order valence-corrected chi connectivity index (χ4v) is 2.18. The van der Waals surface area contributed by atoms with E-state index < -0.39 is 0 Å². The van der Waals surface area contributed by atoms with Crippen molar-refractivity contribution in [2.75, 3.05) is 13.7 Å². The zero-order valence-corrected chi connectivity index (χ0v) is 14.4. The number of esters is 1. The first kappa shape index (κ1) is 19.1. The van der Waals surface area contributed by atoms with E-state index in [-0.39, 0.29) is 5.97 Å². The number of para-hydroxylation sites is 1. The minimum atomic E-state index is -0.166. The van der Waals surface area contributed by atoms with Gasteiger partial charge in [0.2, 0.25) is 0 Å². The molecule has 0 N–H and O–H groups in total. The lowest BCUT2D eigenvalue weighted by Crippen LogP contribution is -2.00. The molecule has 0 aliphatic carbocycles. The lowest BCUT2D eigenvalue weighted by atomic mass is 10.1. The molecule has 23 heavy (non-hydrogen) atoms. The Hall–Kier alpha value is -1.95. The second kappa shape index (κ2) is 12.6. The molecule has 3 nitrogen and oxygen atoms in total. The number of ether oxygens (including phenoxy) is 2. The van der Waals surface area contributed by atoms with Crippen LogP contribution >= 0.6 is 0 Å². The van der Waals surface area contributed by atoms with Crippen LogP contribution in [0, 0.1) is 11.8 Å². The lowest BCUT2D eigenvalue weighted by molar-refractivity contribution is -0.140. The van der Waals surface area contributed by atoms with Crippen LogP contribution in [0.1, 0.15) is 57.4 Å². The summed E-state index contributed by atoms with van der Waals surface area (Å²) in [6, 6.07) is 8.19.